The fraction of sp³-hybridized carbons (Fsp3) is 0.190. The zero-order valence-corrected chi connectivity index (χ0v) is 14.7. The van der Waals surface area contributed by atoms with Gasteiger partial charge in [-0.2, -0.15) is 0 Å². The minimum atomic E-state index is -0.378. The lowest BCUT2D eigenvalue weighted by Crippen LogP contribution is -2.30. The first-order valence-electron chi connectivity index (χ1n) is 8.45. The van der Waals surface area contributed by atoms with Crippen LogP contribution >= 0.6 is 11.6 Å². The molecule has 3 aromatic rings. The largest absolute Gasteiger partial charge is 0.486 e. The van der Waals surface area contributed by atoms with E-state index in [9.17, 15) is 4.79 Å². The maximum absolute atomic E-state index is 13.1. The summed E-state index contributed by atoms with van der Waals surface area (Å²) in [6.45, 7) is 1.90. The number of rotatable bonds is 1. The van der Waals surface area contributed by atoms with Crippen LogP contribution in [0.4, 0.5) is 0 Å². The van der Waals surface area contributed by atoms with E-state index in [1.165, 1.54) is 0 Å². The van der Waals surface area contributed by atoms with Crippen molar-refractivity contribution in [2.45, 2.75) is 19.1 Å². The highest BCUT2D eigenvalue weighted by atomic mass is 35.5. The van der Waals surface area contributed by atoms with Gasteiger partial charge in [-0.05, 0) is 36.8 Å². The van der Waals surface area contributed by atoms with Gasteiger partial charge in [-0.15, -0.1) is 0 Å². The van der Waals surface area contributed by atoms with E-state index in [1.54, 1.807) is 18.2 Å². The van der Waals surface area contributed by atoms with E-state index in [4.69, 9.17) is 25.5 Å². The number of halogens is 1. The quantitative estimate of drug-likeness (QED) is 0.596. The Hall–Kier alpha value is -2.72. The molecule has 0 bridgehead atoms. The molecule has 4 nitrogen and oxygen atoms in total. The molecule has 0 N–H and O–H groups in total. The molecule has 5 rings (SSSR count). The molecule has 0 amide bonds. The second-order valence-corrected chi connectivity index (χ2v) is 7.04. The van der Waals surface area contributed by atoms with Gasteiger partial charge < -0.3 is 13.9 Å². The van der Waals surface area contributed by atoms with Gasteiger partial charge in [0.15, 0.2) is 11.9 Å². The average Bonchev–Trinajstić information content (AvgIpc) is 3.04. The van der Waals surface area contributed by atoms with Crippen LogP contribution in [-0.2, 0) is 4.74 Å². The minimum Gasteiger partial charge on any atom is -0.486 e. The Morgan fingerprint density at radius 2 is 1.81 bits per heavy atom. The second-order valence-electron chi connectivity index (χ2n) is 6.61. The monoisotopic (exact) mass is 366 g/mol. The summed E-state index contributed by atoms with van der Waals surface area (Å²) < 4.78 is 18.2. The van der Waals surface area contributed by atoms with E-state index >= 15 is 0 Å². The van der Waals surface area contributed by atoms with Gasteiger partial charge in [0.1, 0.15) is 11.7 Å². The van der Waals surface area contributed by atoms with Crippen LogP contribution in [0.15, 0.2) is 69.6 Å². The maximum Gasteiger partial charge on any atom is 0.235 e. The second kappa shape index (κ2) is 5.64. The van der Waals surface area contributed by atoms with E-state index in [0.717, 1.165) is 11.3 Å². The molecule has 2 aliphatic rings. The van der Waals surface area contributed by atoms with E-state index in [0.29, 0.717) is 21.8 Å². The van der Waals surface area contributed by atoms with E-state index in [1.807, 2.05) is 43.3 Å². The number of hydrogen-bond donors (Lipinski definition) is 0. The Kier molecular flexibility index (Phi) is 3.37. The minimum absolute atomic E-state index is 0.0576. The van der Waals surface area contributed by atoms with Crippen molar-refractivity contribution in [3.05, 3.63) is 86.9 Å². The molecule has 0 saturated carbocycles. The van der Waals surface area contributed by atoms with E-state index in [2.05, 4.69) is 0 Å². The van der Waals surface area contributed by atoms with Crippen molar-refractivity contribution in [2.75, 3.05) is 0 Å². The highest BCUT2D eigenvalue weighted by Crippen LogP contribution is 2.51. The van der Waals surface area contributed by atoms with Crippen LogP contribution in [-0.4, -0.2) is 0 Å². The molecule has 3 heterocycles. The molecular weight excluding hydrogens is 352 g/mol. The van der Waals surface area contributed by atoms with Gasteiger partial charge in [0, 0.05) is 5.02 Å². The summed E-state index contributed by atoms with van der Waals surface area (Å²) in [5.74, 6) is 1.39. The third-order valence-corrected chi connectivity index (χ3v) is 5.14. The molecule has 0 unspecified atom stereocenters. The van der Waals surface area contributed by atoms with Gasteiger partial charge >= 0.3 is 0 Å². The van der Waals surface area contributed by atoms with Crippen molar-refractivity contribution in [1.29, 1.82) is 0 Å². The Morgan fingerprint density at radius 3 is 2.62 bits per heavy atom. The smallest absolute Gasteiger partial charge is 0.235 e. The molecule has 2 aromatic carbocycles. The van der Waals surface area contributed by atoms with Crippen LogP contribution in [0.3, 0.4) is 0 Å². The van der Waals surface area contributed by atoms with E-state index in [-0.39, 0.29) is 29.3 Å². The van der Waals surface area contributed by atoms with Crippen molar-refractivity contribution in [3.8, 4) is 5.75 Å². The standard InChI is InChI=1S/C21H15ClO4/c1-11-9-15-18(12-5-3-2-4-6-12)26-20-17(23)14-10-13(22)7-8-16(14)25-21(20)19(15)24-11/h2-10,15,18-19H,1H3/t15-,18+,19-/m1/s1. The molecule has 0 radical (unpaired) electrons. The lowest BCUT2D eigenvalue weighted by atomic mass is 9.87. The summed E-state index contributed by atoms with van der Waals surface area (Å²) in [5.41, 5.74) is 1.25. The SMILES string of the molecule is CC1=C[C@@H]2[C@H](c3ccccc3)Oc3c(oc4ccc(Cl)cc4c3=O)[C@@H]2O1. The first-order valence-corrected chi connectivity index (χ1v) is 8.82. The molecule has 1 aromatic heterocycles. The summed E-state index contributed by atoms with van der Waals surface area (Å²) in [7, 11) is 0. The number of benzene rings is 2. The third kappa shape index (κ3) is 2.26. The fourth-order valence-corrected chi connectivity index (χ4v) is 3.93. The molecule has 26 heavy (non-hydrogen) atoms. The molecule has 3 atom stereocenters. The number of allylic oxidation sites excluding steroid dienone is 1. The first kappa shape index (κ1) is 15.5. The first-order chi connectivity index (χ1) is 12.6. The van der Waals surface area contributed by atoms with Gasteiger partial charge in [0.05, 0.1) is 17.1 Å². The maximum atomic E-state index is 13.1. The van der Waals surface area contributed by atoms with Crippen LogP contribution in [0, 0.1) is 5.92 Å². The summed E-state index contributed by atoms with van der Waals surface area (Å²) in [6.07, 6.45) is 1.35. The predicted molar refractivity (Wildman–Crippen MR) is 98.4 cm³/mol. The summed E-state index contributed by atoms with van der Waals surface area (Å²) in [4.78, 5) is 13.1. The molecular formula is C21H15ClO4. The number of fused-ring (bicyclic) bond motifs is 4. The summed E-state index contributed by atoms with van der Waals surface area (Å²) in [6, 6.07) is 14.9. The normalized spacial score (nSPS) is 23.6. The zero-order valence-electron chi connectivity index (χ0n) is 13.9. The Morgan fingerprint density at radius 1 is 1.00 bits per heavy atom. The lowest BCUT2D eigenvalue weighted by Gasteiger charge is -2.33. The molecule has 0 fully saturated rings. The fourth-order valence-electron chi connectivity index (χ4n) is 3.76. The molecule has 0 spiro atoms. The van der Waals surface area contributed by atoms with Gasteiger partial charge in [-0.25, -0.2) is 0 Å². The van der Waals surface area contributed by atoms with Gasteiger partial charge in [0.2, 0.25) is 11.2 Å². The molecule has 2 aliphatic heterocycles. The van der Waals surface area contributed by atoms with Gasteiger partial charge in [-0.1, -0.05) is 41.9 Å². The number of hydrogen-bond acceptors (Lipinski definition) is 4. The molecule has 130 valence electrons. The van der Waals surface area contributed by atoms with Crippen molar-refractivity contribution in [1.82, 2.24) is 0 Å². The van der Waals surface area contributed by atoms with Crippen LogP contribution in [0.2, 0.25) is 5.02 Å². The Bertz CT molecular complexity index is 1100. The Labute approximate surface area is 154 Å². The van der Waals surface area contributed by atoms with Crippen molar-refractivity contribution in [3.63, 3.8) is 0 Å². The van der Waals surface area contributed by atoms with Crippen LogP contribution in [0.25, 0.3) is 11.0 Å². The Balaban J connectivity index is 1.74. The van der Waals surface area contributed by atoms with Gasteiger partial charge in [0.25, 0.3) is 0 Å². The van der Waals surface area contributed by atoms with Crippen LogP contribution in [0.5, 0.6) is 5.75 Å². The van der Waals surface area contributed by atoms with E-state index < -0.39 is 0 Å². The van der Waals surface area contributed by atoms with Crippen LogP contribution in [0.1, 0.15) is 30.5 Å². The zero-order chi connectivity index (χ0) is 17.8. The van der Waals surface area contributed by atoms with Gasteiger partial charge in [-0.3, -0.25) is 4.79 Å². The van der Waals surface area contributed by atoms with Crippen LogP contribution < -0.4 is 10.2 Å². The highest BCUT2D eigenvalue weighted by molar-refractivity contribution is 6.31. The average molecular weight is 367 g/mol. The number of ether oxygens (including phenoxy) is 2. The van der Waals surface area contributed by atoms with Crippen molar-refractivity contribution < 1.29 is 13.9 Å². The topological polar surface area (TPSA) is 48.7 Å². The van der Waals surface area contributed by atoms with Crippen molar-refractivity contribution in [2.24, 2.45) is 5.92 Å². The lowest BCUT2D eigenvalue weighted by molar-refractivity contribution is 0.00806. The third-order valence-electron chi connectivity index (χ3n) is 4.91. The predicted octanol–water partition coefficient (Wildman–Crippen LogP) is 5.17. The van der Waals surface area contributed by atoms with Crippen molar-refractivity contribution >= 4 is 22.6 Å². The molecule has 0 saturated heterocycles. The molecule has 0 aliphatic carbocycles. The highest BCUT2D eigenvalue weighted by Gasteiger charge is 2.46. The molecule has 5 heteroatoms. The summed E-state index contributed by atoms with van der Waals surface area (Å²) >= 11 is 6.05. The summed E-state index contributed by atoms with van der Waals surface area (Å²) in [5, 5.41) is 0.886.